The Morgan fingerprint density at radius 1 is 1.30 bits per heavy atom. The van der Waals surface area contributed by atoms with Crippen LogP contribution in [0.1, 0.15) is 60.9 Å². The van der Waals surface area contributed by atoms with E-state index in [1.807, 2.05) is 6.92 Å². The maximum Gasteiger partial charge on any atom is 0.340 e. The Balaban J connectivity index is 2.30. The molecular formula is C15H22N2O2S. The van der Waals surface area contributed by atoms with Crippen molar-refractivity contribution in [3.05, 3.63) is 17.1 Å². The van der Waals surface area contributed by atoms with Gasteiger partial charge in [0.2, 0.25) is 0 Å². The molecule has 1 aromatic heterocycles. The number of hydrogen-bond donors (Lipinski definition) is 1. The molecule has 0 aliphatic heterocycles. The first-order valence-corrected chi connectivity index (χ1v) is 8.16. The molecule has 2 rings (SSSR count). The van der Waals surface area contributed by atoms with Crippen molar-refractivity contribution in [1.29, 1.82) is 0 Å². The maximum absolute atomic E-state index is 11.5. The molecule has 0 bridgehead atoms. The van der Waals surface area contributed by atoms with Crippen LogP contribution in [0.25, 0.3) is 0 Å². The third-order valence-corrected chi connectivity index (χ3v) is 5.45. The van der Waals surface area contributed by atoms with E-state index in [-0.39, 0.29) is 5.56 Å². The summed E-state index contributed by atoms with van der Waals surface area (Å²) in [5, 5.41) is 10.5. The number of nitrogens with zero attached hydrogens (tertiary/aromatic N) is 2. The third-order valence-electron chi connectivity index (χ3n) is 4.01. The van der Waals surface area contributed by atoms with Gasteiger partial charge in [0.15, 0.2) is 0 Å². The van der Waals surface area contributed by atoms with E-state index in [0.717, 1.165) is 12.8 Å². The SMILES string of the molecule is CCC1CCCCC1Sc1nc(C)nc(C)c1C(=O)O. The topological polar surface area (TPSA) is 63.1 Å². The number of carbonyl (C=O) groups is 1. The number of hydrogen-bond acceptors (Lipinski definition) is 4. The summed E-state index contributed by atoms with van der Waals surface area (Å²) in [6, 6.07) is 0. The highest BCUT2D eigenvalue weighted by molar-refractivity contribution is 8.00. The van der Waals surface area contributed by atoms with Gasteiger partial charge in [0, 0.05) is 5.25 Å². The minimum atomic E-state index is -0.922. The average Bonchev–Trinajstić information content (AvgIpc) is 2.38. The van der Waals surface area contributed by atoms with Crippen molar-refractivity contribution >= 4 is 17.7 Å². The van der Waals surface area contributed by atoms with Crippen LogP contribution < -0.4 is 0 Å². The van der Waals surface area contributed by atoms with Gasteiger partial charge in [-0.05, 0) is 32.6 Å². The van der Waals surface area contributed by atoms with E-state index >= 15 is 0 Å². The Kier molecular flexibility index (Phi) is 5.02. The van der Waals surface area contributed by atoms with E-state index in [4.69, 9.17) is 0 Å². The van der Waals surface area contributed by atoms with Gasteiger partial charge in [-0.1, -0.05) is 26.2 Å². The molecule has 0 spiro atoms. The van der Waals surface area contributed by atoms with Gasteiger partial charge in [0.1, 0.15) is 16.4 Å². The van der Waals surface area contributed by atoms with Crippen molar-refractivity contribution < 1.29 is 9.90 Å². The zero-order valence-corrected chi connectivity index (χ0v) is 13.2. The summed E-state index contributed by atoms with van der Waals surface area (Å²) in [5.74, 6) is 0.402. The molecule has 1 fully saturated rings. The number of aryl methyl sites for hydroxylation is 2. The van der Waals surface area contributed by atoms with E-state index in [0.29, 0.717) is 27.7 Å². The van der Waals surface area contributed by atoms with Gasteiger partial charge in [0.05, 0.1) is 5.69 Å². The number of aromatic carboxylic acids is 1. The highest BCUT2D eigenvalue weighted by atomic mass is 32.2. The van der Waals surface area contributed by atoms with E-state index < -0.39 is 5.97 Å². The van der Waals surface area contributed by atoms with Crippen molar-refractivity contribution in [3.63, 3.8) is 0 Å². The fourth-order valence-electron chi connectivity index (χ4n) is 2.95. The second-order valence-electron chi connectivity index (χ2n) is 5.45. The second-order valence-corrected chi connectivity index (χ2v) is 6.68. The van der Waals surface area contributed by atoms with Crippen molar-refractivity contribution in [2.24, 2.45) is 5.92 Å². The minimum absolute atomic E-state index is 0.279. The van der Waals surface area contributed by atoms with Gasteiger partial charge in [-0.25, -0.2) is 14.8 Å². The number of carboxylic acid groups (broad SMARTS) is 1. The van der Waals surface area contributed by atoms with Crippen LogP contribution in [0.4, 0.5) is 0 Å². The molecule has 1 aliphatic rings. The quantitative estimate of drug-likeness (QED) is 0.854. The number of rotatable bonds is 4. The molecule has 2 unspecified atom stereocenters. The Labute approximate surface area is 124 Å². The number of carboxylic acids is 1. The van der Waals surface area contributed by atoms with Crippen molar-refractivity contribution in [3.8, 4) is 0 Å². The lowest BCUT2D eigenvalue weighted by atomic mass is 9.87. The summed E-state index contributed by atoms with van der Waals surface area (Å²) in [4.78, 5) is 20.0. The van der Waals surface area contributed by atoms with Crippen LogP contribution in [0.5, 0.6) is 0 Å². The summed E-state index contributed by atoms with van der Waals surface area (Å²) in [6.45, 7) is 5.79. The lowest BCUT2D eigenvalue weighted by Crippen LogP contribution is -2.22. The van der Waals surface area contributed by atoms with Crippen molar-refractivity contribution in [2.45, 2.75) is 63.2 Å². The van der Waals surface area contributed by atoms with Crippen molar-refractivity contribution in [2.75, 3.05) is 0 Å². The molecule has 0 radical (unpaired) electrons. The Bertz CT molecular complexity index is 505. The Morgan fingerprint density at radius 2 is 2.00 bits per heavy atom. The fraction of sp³-hybridized carbons (Fsp3) is 0.667. The fourth-order valence-corrected chi connectivity index (χ4v) is 4.58. The number of thioether (sulfide) groups is 1. The van der Waals surface area contributed by atoms with Crippen LogP contribution in [0, 0.1) is 19.8 Å². The Morgan fingerprint density at radius 3 is 2.65 bits per heavy atom. The number of aromatic nitrogens is 2. The van der Waals surface area contributed by atoms with Crippen LogP contribution in [0.15, 0.2) is 5.03 Å². The summed E-state index contributed by atoms with van der Waals surface area (Å²) in [7, 11) is 0. The predicted molar refractivity (Wildman–Crippen MR) is 80.4 cm³/mol. The second kappa shape index (κ2) is 6.57. The zero-order chi connectivity index (χ0) is 14.7. The largest absolute Gasteiger partial charge is 0.478 e. The molecule has 4 nitrogen and oxygen atoms in total. The van der Waals surface area contributed by atoms with E-state index in [1.165, 1.54) is 19.3 Å². The summed E-state index contributed by atoms with van der Waals surface area (Å²) in [5.41, 5.74) is 0.845. The van der Waals surface area contributed by atoms with Crippen LogP contribution in [0.2, 0.25) is 0 Å². The molecule has 1 N–H and O–H groups in total. The minimum Gasteiger partial charge on any atom is -0.478 e. The molecule has 2 atom stereocenters. The van der Waals surface area contributed by atoms with Gasteiger partial charge in [0.25, 0.3) is 0 Å². The zero-order valence-electron chi connectivity index (χ0n) is 12.3. The molecular weight excluding hydrogens is 272 g/mol. The summed E-state index contributed by atoms with van der Waals surface area (Å²) in [6.07, 6.45) is 6.09. The highest BCUT2D eigenvalue weighted by Crippen LogP contribution is 2.39. The molecule has 5 heteroatoms. The maximum atomic E-state index is 11.5. The first-order chi connectivity index (χ1) is 9.52. The van der Waals surface area contributed by atoms with Crippen LogP contribution in [0.3, 0.4) is 0 Å². The standard InChI is InChI=1S/C15H22N2O2S/c1-4-11-7-5-6-8-12(11)20-14-13(15(18)19)9(2)16-10(3)17-14/h11-12H,4-8H2,1-3H3,(H,18,19). The van der Waals surface area contributed by atoms with Crippen LogP contribution in [-0.4, -0.2) is 26.3 Å². The summed E-state index contributed by atoms with van der Waals surface area (Å²) >= 11 is 1.65. The first-order valence-electron chi connectivity index (χ1n) is 7.28. The Hall–Kier alpha value is -1.10. The summed E-state index contributed by atoms with van der Waals surface area (Å²) < 4.78 is 0. The van der Waals surface area contributed by atoms with E-state index in [1.54, 1.807) is 18.7 Å². The molecule has 1 saturated carbocycles. The highest BCUT2D eigenvalue weighted by Gasteiger charge is 2.27. The normalized spacial score (nSPS) is 22.8. The van der Waals surface area contributed by atoms with Crippen LogP contribution in [-0.2, 0) is 0 Å². The van der Waals surface area contributed by atoms with Crippen LogP contribution >= 0.6 is 11.8 Å². The van der Waals surface area contributed by atoms with Crippen molar-refractivity contribution in [1.82, 2.24) is 9.97 Å². The van der Waals surface area contributed by atoms with Gasteiger partial charge in [-0.15, -0.1) is 11.8 Å². The molecule has 1 aromatic rings. The van der Waals surface area contributed by atoms with E-state index in [9.17, 15) is 9.90 Å². The molecule has 110 valence electrons. The van der Waals surface area contributed by atoms with Gasteiger partial charge < -0.3 is 5.11 Å². The van der Waals surface area contributed by atoms with E-state index in [2.05, 4.69) is 16.9 Å². The lowest BCUT2D eigenvalue weighted by Gasteiger charge is -2.30. The molecule has 0 aromatic carbocycles. The smallest absolute Gasteiger partial charge is 0.340 e. The molecule has 1 aliphatic carbocycles. The predicted octanol–water partition coefficient (Wildman–Crippen LogP) is 3.85. The van der Waals surface area contributed by atoms with Gasteiger partial charge in [-0.3, -0.25) is 0 Å². The average molecular weight is 294 g/mol. The third kappa shape index (κ3) is 3.32. The lowest BCUT2D eigenvalue weighted by molar-refractivity contribution is 0.0690. The molecule has 20 heavy (non-hydrogen) atoms. The monoisotopic (exact) mass is 294 g/mol. The van der Waals surface area contributed by atoms with Gasteiger partial charge in [-0.2, -0.15) is 0 Å². The molecule has 0 saturated heterocycles. The molecule has 1 heterocycles. The first kappa shape index (κ1) is 15.3. The molecule has 0 amide bonds. The van der Waals surface area contributed by atoms with Gasteiger partial charge >= 0.3 is 5.97 Å².